The van der Waals surface area contributed by atoms with Crippen LogP contribution in [0.5, 0.6) is 0 Å². The first-order chi connectivity index (χ1) is 13.7. The summed E-state index contributed by atoms with van der Waals surface area (Å²) >= 11 is 6.16. The summed E-state index contributed by atoms with van der Waals surface area (Å²) in [6, 6.07) is 14.9. The summed E-state index contributed by atoms with van der Waals surface area (Å²) in [4.78, 5) is 23.3. The molecule has 1 aliphatic rings. The molecule has 1 fully saturated rings. The average molecular weight is 394 g/mol. The second-order valence-electron chi connectivity index (χ2n) is 6.50. The van der Waals surface area contributed by atoms with E-state index in [1.54, 1.807) is 36.7 Å². The lowest BCUT2D eigenvalue weighted by Crippen LogP contribution is -2.43. The zero-order valence-electron chi connectivity index (χ0n) is 15.2. The van der Waals surface area contributed by atoms with E-state index in [1.165, 1.54) is 0 Å². The van der Waals surface area contributed by atoms with E-state index in [0.29, 0.717) is 16.4 Å². The summed E-state index contributed by atoms with van der Waals surface area (Å²) in [5, 5.41) is 6.77. The highest BCUT2D eigenvalue weighted by Crippen LogP contribution is 2.24. The number of pyridine rings is 2. The van der Waals surface area contributed by atoms with Crippen molar-refractivity contribution < 1.29 is 4.79 Å². The van der Waals surface area contributed by atoms with Gasteiger partial charge in [-0.3, -0.25) is 14.8 Å². The largest absolute Gasteiger partial charge is 0.369 e. The predicted octanol–water partition coefficient (Wildman–Crippen LogP) is 3.46. The fourth-order valence-electron chi connectivity index (χ4n) is 3.14. The van der Waals surface area contributed by atoms with Crippen molar-refractivity contribution in [3.8, 4) is 11.3 Å². The molecular formula is C21H20ClN5O. The molecule has 2 N–H and O–H groups in total. The van der Waals surface area contributed by atoms with Gasteiger partial charge in [0, 0.05) is 55.5 Å². The Balaban J connectivity index is 1.43. The molecule has 142 valence electrons. The minimum Gasteiger partial charge on any atom is -0.369 e. The molecule has 4 rings (SSSR count). The topological polar surface area (TPSA) is 70.2 Å². The summed E-state index contributed by atoms with van der Waals surface area (Å²) in [5.74, 6) is -0.256. The summed E-state index contributed by atoms with van der Waals surface area (Å²) < 4.78 is 0. The van der Waals surface area contributed by atoms with Gasteiger partial charge in [-0.15, -0.1) is 0 Å². The number of rotatable bonds is 4. The Morgan fingerprint density at radius 3 is 2.50 bits per heavy atom. The first-order valence-electron chi connectivity index (χ1n) is 9.15. The lowest BCUT2D eigenvalue weighted by Gasteiger charge is -2.29. The number of piperazine rings is 1. The minimum atomic E-state index is -0.256. The number of nitrogens with one attached hydrogen (secondary N) is 2. The second kappa shape index (κ2) is 8.37. The SMILES string of the molecule is O=C(Nc1ccc(N2CCNCC2)cc1)c1ccc(-c2ncccc2Cl)cn1. The van der Waals surface area contributed by atoms with Gasteiger partial charge in [-0.05, 0) is 48.5 Å². The molecule has 0 unspecified atom stereocenters. The minimum absolute atomic E-state index is 0.256. The number of carbonyl (C=O) groups excluding carboxylic acids is 1. The van der Waals surface area contributed by atoms with Crippen LogP contribution in [0.1, 0.15) is 10.5 Å². The molecule has 1 amide bonds. The summed E-state index contributed by atoms with van der Waals surface area (Å²) in [6.07, 6.45) is 3.28. The van der Waals surface area contributed by atoms with Crippen LogP contribution in [0.25, 0.3) is 11.3 Å². The van der Waals surface area contributed by atoms with E-state index in [9.17, 15) is 4.79 Å². The quantitative estimate of drug-likeness (QED) is 0.710. The number of carbonyl (C=O) groups is 1. The Morgan fingerprint density at radius 1 is 1.04 bits per heavy atom. The van der Waals surface area contributed by atoms with Gasteiger partial charge in [-0.2, -0.15) is 0 Å². The number of anilines is 2. The van der Waals surface area contributed by atoms with Crippen molar-refractivity contribution in [2.45, 2.75) is 0 Å². The molecule has 6 nitrogen and oxygen atoms in total. The summed E-state index contributed by atoms with van der Waals surface area (Å²) in [5.41, 5.74) is 3.65. The molecule has 28 heavy (non-hydrogen) atoms. The third kappa shape index (κ3) is 4.13. The van der Waals surface area contributed by atoms with Crippen LogP contribution in [0.4, 0.5) is 11.4 Å². The highest BCUT2D eigenvalue weighted by molar-refractivity contribution is 6.33. The number of hydrogen-bond acceptors (Lipinski definition) is 5. The van der Waals surface area contributed by atoms with E-state index in [-0.39, 0.29) is 5.91 Å². The number of benzene rings is 1. The third-order valence-electron chi connectivity index (χ3n) is 4.64. The van der Waals surface area contributed by atoms with Gasteiger partial charge in [-0.25, -0.2) is 0 Å². The molecule has 0 saturated carbocycles. The fraction of sp³-hybridized carbons (Fsp3) is 0.190. The van der Waals surface area contributed by atoms with Gasteiger partial charge in [0.15, 0.2) is 0 Å². The lowest BCUT2D eigenvalue weighted by molar-refractivity contribution is 0.102. The van der Waals surface area contributed by atoms with Crippen molar-refractivity contribution in [2.24, 2.45) is 0 Å². The van der Waals surface area contributed by atoms with Gasteiger partial charge in [-0.1, -0.05) is 11.6 Å². The lowest BCUT2D eigenvalue weighted by atomic mass is 10.1. The maximum Gasteiger partial charge on any atom is 0.274 e. The number of amides is 1. The molecule has 3 heterocycles. The maximum absolute atomic E-state index is 12.5. The van der Waals surface area contributed by atoms with Crippen LogP contribution in [0.3, 0.4) is 0 Å². The number of nitrogens with zero attached hydrogens (tertiary/aromatic N) is 3. The Bertz CT molecular complexity index is 953. The standard InChI is InChI=1S/C21H20ClN5O/c22-18-2-1-9-24-20(18)15-3-8-19(25-14-15)21(28)26-16-4-6-17(7-5-16)27-12-10-23-11-13-27/h1-9,14,23H,10-13H2,(H,26,28). The van der Waals surface area contributed by atoms with E-state index >= 15 is 0 Å². The molecule has 1 saturated heterocycles. The first-order valence-corrected chi connectivity index (χ1v) is 9.52. The molecule has 7 heteroatoms. The molecule has 0 aliphatic carbocycles. The molecular weight excluding hydrogens is 374 g/mol. The van der Waals surface area contributed by atoms with Gasteiger partial charge in [0.25, 0.3) is 5.91 Å². The van der Waals surface area contributed by atoms with Gasteiger partial charge in [0.05, 0.1) is 10.7 Å². The maximum atomic E-state index is 12.5. The Morgan fingerprint density at radius 2 is 1.82 bits per heavy atom. The number of halogens is 1. The smallest absolute Gasteiger partial charge is 0.274 e. The van der Waals surface area contributed by atoms with Crippen LogP contribution in [-0.4, -0.2) is 42.1 Å². The van der Waals surface area contributed by atoms with Crippen LogP contribution in [0.2, 0.25) is 5.02 Å². The van der Waals surface area contributed by atoms with Crippen LogP contribution in [0.15, 0.2) is 60.9 Å². The molecule has 1 aliphatic heterocycles. The Hall–Kier alpha value is -2.96. The Labute approximate surface area is 168 Å². The molecule has 0 radical (unpaired) electrons. The van der Waals surface area contributed by atoms with Crippen LogP contribution >= 0.6 is 11.6 Å². The summed E-state index contributed by atoms with van der Waals surface area (Å²) in [7, 11) is 0. The Kier molecular flexibility index (Phi) is 5.50. The van der Waals surface area contributed by atoms with Gasteiger partial charge in [0.1, 0.15) is 5.69 Å². The van der Waals surface area contributed by atoms with Crippen molar-refractivity contribution >= 4 is 28.9 Å². The number of aromatic nitrogens is 2. The summed E-state index contributed by atoms with van der Waals surface area (Å²) in [6.45, 7) is 3.96. The fourth-order valence-corrected chi connectivity index (χ4v) is 3.37. The van der Waals surface area contributed by atoms with E-state index < -0.39 is 0 Å². The van der Waals surface area contributed by atoms with Gasteiger partial charge in [0.2, 0.25) is 0 Å². The molecule has 0 atom stereocenters. The normalized spacial score (nSPS) is 14.0. The first kappa shape index (κ1) is 18.4. The molecule has 3 aromatic rings. The average Bonchev–Trinajstić information content (AvgIpc) is 2.75. The second-order valence-corrected chi connectivity index (χ2v) is 6.91. The zero-order valence-corrected chi connectivity index (χ0v) is 16.0. The van der Waals surface area contributed by atoms with Crippen molar-refractivity contribution in [3.63, 3.8) is 0 Å². The molecule has 0 spiro atoms. The van der Waals surface area contributed by atoms with Crippen molar-refractivity contribution in [3.05, 3.63) is 71.6 Å². The highest BCUT2D eigenvalue weighted by Gasteiger charge is 2.12. The zero-order chi connectivity index (χ0) is 19.3. The number of hydrogen-bond donors (Lipinski definition) is 2. The van der Waals surface area contributed by atoms with Crippen molar-refractivity contribution in [1.29, 1.82) is 0 Å². The van der Waals surface area contributed by atoms with Crippen LogP contribution < -0.4 is 15.5 Å². The monoisotopic (exact) mass is 393 g/mol. The molecule has 0 bridgehead atoms. The van der Waals surface area contributed by atoms with E-state index in [1.807, 2.05) is 24.3 Å². The molecule has 1 aromatic carbocycles. The van der Waals surface area contributed by atoms with Crippen LogP contribution in [-0.2, 0) is 0 Å². The molecule has 2 aromatic heterocycles. The third-order valence-corrected chi connectivity index (χ3v) is 4.94. The van der Waals surface area contributed by atoms with Crippen LogP contribution in [0, 0.1) is 0 Å². The van der Waals surface area contributed by atoms with Crippen molar-refractivity contribution in [2.75, 3.05) is 36.4 Å². The highest BCUT2D eigenvalue weighted by atomic mass is 35.5. The van der Waals surface area contributed by atoms with Crippen molar-refractivity contribution in [1.82, 2.24) is 15.3 Å². The van der Waals surface area contributed by atoms with E-state index in [0.717, 1.165) is 43.1 Å². The van der Waals surface area contributed by atoms with E-state index in [2.05, 4.69) is 25.5 Å². The van der Waals surface area contributed by atoms with Gasteiger partial charge >= 0.3 is 0 Å². The van der Waals surface area contributed by atoms with E-state index in [4.69, 9.17) is 11.6 Å². The van der Waals surface area contributed by atoms with Gasteiger partial charge < -0.3 is 15.5 Å². The predicted molar refractivity (Wildman–Crippen MR) is 112 cm³/mol.